The third kappa shape index (κ3) is 3.28. The van der Waals surface area contributed by atoms with Crippen LogP contribution in [-0.4, -0.2) is 36.6 Å². The number of nitrogens with one attached hydrogen (secondary N) is 1. The largest absolute Gasteiger partial charge is 0.313 e. The average Bonchev–Trinajstić information content (AvgIpc) is 2.68. The fourth-order valence-electron chi connectivity index (χ4n) is 2.01. The Bertz CT molecular complexity index is 191. The predicted octanol–water partition coefficient (Wildman–Crippen LogP) is 1.36. The fraction of sp³-hybridized carbons (Fsp3) is 0.909. The second kappa shape index (κ2) is 6.00. The summed E-state index contributed by atoms with van der Waals surface area (Å²) in [5.74, 6) is 0. The van der Waals surface area contributed by atoms with E-state index in [2.05, 4.69) is 23.2 Å². The van der Waals surface area contributed by atoms with Crippen LogP contribution in [0.3, 0.4) is 0 Å². The molecule has 1 aliphatic heterocycles. The first-order valence-corrected chi connectivity index (χ1v) is 5.65. The summed E-state index contributed by atoms with van der Waals surface area (Å²) in [6.07, 6.45) is 3.67. The van der Waals surface area contributed by atoms with Crippen LogP contribution in [0.15, 0.2) is 0 Å². The van der Waals surface area contributed by atoms with E-state index in [1.807, 2.05) is 6.92 Å². The summed E-state index contributed by atoms with van der Waals surface area (Å²) >= 11 is 0. The van der Waals surface area contributed by atoms with Gasteiger partial charge in [0.15, 0.2) is 0 Å². The Kier molecular flexibility index (Phi) is 4.92. The third-order valence-electron chi connectivity index (χ3n) is 2.86. The van der Waals surface area contributed by atoms with E-state index in [1.165, 1.54) is 12.8 Å². The van der Waals surface area contributed by atoms with Gasteiger partial charge in [-0.2, -0.15) is 5.26 Å². The number of rotatable bonds is 5. The van der Waals surface area contributed by atoms with Crippen LogP contribution in [0.2, 0.25) is 0 Å². The van der Waals surface area contributed by atoms with Gasteiger partial charge in [-0.05, 0) is 39.3 Å². The Morgan fingerprint density at radius 3 is 2.93 bits per heavy atom. The minimum Gasteiger partial charge on any atom is -0.313 e. The van der Waals surface area contributed by atoms with Crippen molar-refractivity contribution in [3.8, 4) is 6.07 Å². The lowest BCUT2D eigenvalue weighted by molar-refractivity contribution is 0.224. The number of nitriles is 1. The maximum absolute atomic E-state index is 8.89. The molecule has 0 radical (unpaired) electrons. The van der Waals surface area contributed by atoms with Gasteiger partial charge in [0.05, 0.1) is 12.1 Å². The lowest BCUT2D eigenvalue weighted by atomic mass is 10.2. The van der Waals surface area contributed by atoms with Crippen LogP contribution in [0, 0.1) is 11.3 Å². The van der Waals surface area contributed by atoms with Crippen LogP contribution in [-0.2, 0) is 0 Å². The molecule has 14 heavy (non-hydrogen) atoms. The monoisotopic (exact) mass is 195 g/mol. The molecular formula is C11H21N3. The number of hydrogen-bond acceptors (Lipinski definition) is 3. The van der Waals surface area contributed by atoms with Crippen LogP contribution < -0.4 is 5.32 Å². The van der Waals surface area contributed by atoms with Gasteiger partial charge >= 0.3 is 0 Å². The first-order chi connectivity index (χ1) is 6.77. The lowest BCUT2D eigenvalue weighted by Crippen LogP contribution is -2.42. The molecule has 3 heteroatoms. The summed E-state index contributed by atoms with van der Waals surface area (Å²) < 4.78 is 0. The fourth-order valence-corrected chi connectivity index (χ4v) is 2.01. The highest BCUT2D eigenvalue weighted by Gasteiger charge is 2.20. The van der Waals surface area contributed by atoms with Crippen LogP contribution in [0.1, 0.15) is 33.1 Å². The third-order valence-corrected chi connectivity index (χ3v) is 2.86. The van der Waals surface area contributed by atoms with Gasteiger partial charge in [-0.25, -0.2) is 0 Å². The van der Waals surface area contributed by atoms with Gasteiger partial charge in [0.25, 0.3) is 0 Å². The van der Waals surface area contributed by atoms with Crippen molar-refractivity contribution in [1.82, 2.24) is 10.2 Å². The molecule has 1 fully saturated rings. The minimum absolute atomic E-state index is 0.0531. The lowest BCUT2D eigenvalue weighted by Gasteiger charge is -2.27. The standard InChI is InChI=1S/C11H21N3/c1-3-7-14(10(2)8-12)9-11-5-4-6-13-11/h10-11,13H,3-7,9H2,1-2H3. The zero-order valence-corrected chi connectivity index (χ0v) is 9.29. The van der Waals surface area contributed by atoms with Crippen molar-refractivity contribution >= 4 is 0 Å². The molecule has 0 spiro atoms. The van der Waals surface area contributed by atoms with Gasteiger partial charge in [-0.3, -0.25) is 4.90 Å². The molecule has 0 aromatic carbocycles. The van der Waals surface area contributed by atoms with Crippen molar-refractivity contribution in [1.29, 1.82) is 5.26 Å². The minimum atomic E-state index is 0.0531. The summed E-state index contributed by atoms with van der Waals surface area (Å²) in [4.78, 5) is 2.28. The Morgan fingerprint density at radius 1 is 1.64 bits per heavy atom. The number of nitrogens with zero attached hydrogens (tertiary/aromatic N) is 2. The highest BCUT2D eigenvalue weighted by atomic mass is 15.2. The average molecular weight is 195 g/mol. The zero-order valence-electron chi connectivity index (χ0n) is 9.29. The van der Waals surface area contributed by atoms with Crippen LogP contribution in [0.5, 0.6) is 0 Å². The van der Waals surface area contributed by atoms with E-state index < -0.39 is 0 Å². The molecule has 3 nitrogen and oxygen atoms in total. The van der Waals surface area contributed by atoms with Crippen molar-refractivity contribution in [3.63, 3.8) is 0 Å². The topological polar surface area (TPSA) is 39.1 Å². The van der Waals surface area contributed by atoms with Crippen LogP contribution in [0.4, 0.5) is 0 Å². The second-order valence-corrected chi connectivity index (χ2v) is 4.09. The van der Waals surface area contributed by atoms with Crippen molar-refractivity contribution in [3.05, 3.63) is 0 Å². The maximum atomic E-state index is 8.89. The SMILES string of the molecule is CCCN(CC1CCCN1)C(C)C#N. The van der Waals surface area contributed by atoms with E-state index in [9.17, 15) is 0 Å². The molecule has 0 amide bonds. The first kappa shape index (κ1) is 11.5. The van der Waals surface area contributed by atoms with Crippen molar-refractivity contribution in [2.24, 2.45) is 0 Å². The first-order valence-electron chi connectivity index (χ1n) is 5.65. The van der Waals surface area contributed by atoms with E-state index in [0.717, 1.165) is 26.1 Å². The molecule has 1 N–H and O–H groups in total. The second-order valence-electron chi connectivity index (χ2n) is 4.09. The Labute approximate surface area is 87.1 Å². The molecular weight excluding hydrogens is 174 g/mol. The molecule has 2 unspecified atom stereocenters. The summed E-state index contributed by atoms with van der Waals surface area (Å²) in [6, 6.07) is 2.98. The molecule has 0 aliphatic carbocycles. The summed E-state index contributed by atoms with van der Waals surface area (Å²) in [5, 5.41) is 12.4. The van der Waals surface area contributed by atoms with Gasteiger partial charge in [-0.15, -0.1) is 0 Å². The molecule has 80 valence electrons. The van der Waals surface area contributed by atoms with Gasteiger partial charge in [-0.1, -0.05) is 6.92 Å². The van der Waals surface area contributed by atoms with E-state index in [0.29, 0.717) is 6.04 Å². The van der Waals surface area contributed by atoms with E-state index in [4.69, 9.17) is 5.26 Å². The highest BCUT2D eigenvalue weighted by Crippen LogP contribution is 2.09. The van der Waals surface area contributed by atoms with Gasteiger partial charge in [0.2, 0.25) is 0 Å². The summed E-state index contributed by atoms with van der Waals surface area (Å²) in [6.45, 7) is 7.37. The molecule has 1 heterocycles. The Balaban J connectivity index is 2.37. The van der Waals surface area contributed by atoms with Crippen molar-refractivity contribution in [2.75, 3.05) is 19.6 Å². The van der Waals surface area contributed by atoms with E-state index >= 15 is 0 Å². The predicted molar refractivity (Wildman–Crippen MR) is 58.0 cm³/mol. The molecule has 1 aliphatic rings. The van der Waals surface area contributed by atoms with E-state index in [1.54, 1.807) is 0 Å². The zero-order chi connectivity index (χ0) is 10.4. The highest BCUT2D eigenvalue weighted by molar-refractivity contribution is 4.90. The van der Waals surface area contributed by atoms with Gasteiger partial charge in [0, 0.05) is 12.6 Å². The van der Waals surface area contributed by atoms with Crippen molar-refractivity contribution < 1.29 is 0 Å². The van der Waals surface area contributed by atoms with Crippen LogP contribution in [0.25, 0.3) is 0 Å². The quantitative estimate of drug-likeness (QED) is 0.720. The van der Waals surface area contributed by atoms with Gasteiger partial charge < -0.3 is 5.32 Å². The van der Waals surface area contributed by atoms with Crippen molar-refractivity contribution in [2.45, 2.75) is 45.2 Å². The molecule has 2 atom stereocenters. The molecule has 1 rings (SSSR count). The molecule has 0 aromatic heterocycles. The summed E-state index contributed by atoms with van der Waals surface area (Å²) in [5.41, 5.74) is 0. The smallest absolute Gasteiger partial charge is 0.0949 e. The summed E-state index contributed by atoms with van der Waals surface area (Å²) in [7, 11) is 0. The Hall–Kier alpha value is -0.590. The molecule has 0 bridgehead atoms. The number of hydrogen-bond donors (Lipinski definition) is 1. The normalized spacial score (nSPS) is 23.7. The van der Waals surface area contributed by atoms with E-state index in [-0.39, 0.29) is 6.04 Å². The molecule has 1 saturated heterocycles. The molecule has 0 aromatic rings. The Morgan fingerprint density at radius 2 is 2.43 bits per heavy atom. The maximum Gasteiger partial charge on any atom is 0.0949 e. The van der Waals surface area contributed by atoms with Crippen LogP contribution >= 0.6 is 0 Å². The molecule has 0 saturated carbocycles. The van der Waals surface area contributed by atoms with Gasteiger partial charge in [0.1, 0.15) is 0 Å².